The molecule has 0 saturated carbocycles. The Balaban J connectivity index is 1.82. The van der Waals surface area contributed by atoms with E-state index in [9.17, 15) is 0 Å². The minimum atomic E-state index is 0.379. The normalized spacial score (nSPS) is 16.1. The molecule has 1 aliphatic heterocycles. The number of nitrogens with zero attached hydrogens (tertiary/aromatic N) is 1. The average molecular weight is 296 g/mol. The lowest BCUT2D eigenvalue weighted by molar-refractivity contribution is 0.501. The zero-order valence-electron chi connectivity index (χ0n) is 12.5. The maximum absolute atomic E-state index is 5.97. The molecule has 0 unspecified atom stereocenters. The number of hydrogen-bond acceptors (Lipinski definition) is 3. The molecule has 2 aromatic rings. The van der Waals surface area contributed by atoms with Gasteiger partial charge in [-0.15, -0.1) is 0 Å². The van der Waals surface area contributed by atoms with Crippen LogP contribution in [0.1, 0.15) is 17.7 Å². The molecule has 1 aliphatic rings. The van der Waals surface area contributed by atoms with Gasteiger partial charge in [-0.1, -0.05) is 24.8 Å². The van der Waals surface area contributed by atoms with Gasteiger partial charge in [0.2, 0.25) is 0 Å². The number of nitrogens with two attached hydrogens (primary N) is 1. The van der Waals surface area contributed by atoms with Crippen molar-refractivity contribution in [2.45, 2.75) is 18.9 Å². The summed E-state index contributed by atoms with van der Waals surface area (Å²) in [7, 11) is 2.15. The number of rotatable bonds is 3. The van der Waals surface area contributed by atoms with E-state index < -0.39 is 0 Å². The smallest absolute Gasteiger partial charge is 0.152 e. The quantitative estimate of drug-likeness (QED) is 0.880. The lowest BCUT2D eigenvalue weighted by Gasteiger charge is -2.32. The van der Waals surface area contributed by atoms with Crippen LogP contribution in [-0.4, -0.2) is 27.0 Å². The Morgan fingerprint density at radius 1 is 1.24 bits per heavy atom. The van der Waals surface area contributed by atoms with Gasteiger partial charge < -0.3 is 10.6 Å². The molecule has 4 heteroatoms. The monoisotopic (exact) mass is 296 g/mol. The van der Waals surface area contributed by atoms with Crippen LogP contribution in [0.25, 0.3) is 17.2 Å². The number of piperidine rings is 1. The Morgan fingerprint density at radius 3 is 2.52 bits per heavy atom. The van der Waals surface area contributed by atoms with Gasteiger partial charge in [-0.3, -0.25) is 0 Å². The third-order valence-corrected chi connectivity index (χ3v) is 5.20. The van der Waals surface area contributed by atoms with Crippen LogP contribution in [0, 0.1) is 0 Å². The van der Waals surface area contributed by atoms with Gasteiger partial charge in [0.15, 0.2) is 7.85 Å². The molecule has 0 bridgehead atoms. The Kier molecular flexibility index (Phi) is 4.18. The summed E-state index contributed by atoms with van der Waals surface area (Å²) < 4.78 is 1.33. The standard InChI is InChI=1S/C17H21BN2S/c1-2-16-15(11-17(18)21-16)12-3-5-14(6-4-12)20-9-7-13(19)8-10-20/h2-6,11,13H,1,7-10,18-19H2. The highest BCUT2D eigenvalue weighted by Gasteiger charge is 2.16. The van der Waals surface area contributed by atoms with Crippen molar-refractivity contribution in [3.63, 3.8) is 0 Å². The fraction of sp³-hybridized carbons (Fsp3) is 0.294. The van der Waals surface area contributed by atoms with Gasteiger partial charge in [0.05, 0.1) is 0 Å². The molecule has 0 aliphatic carbocycles. The number of benzene rings is 1. The second kappa shape index (κ2) is 6.08. The van der Waals surface area contributed by atoms with Crippen molar-refractivity contribution in [1.29, 1.82) is 0 Å². The highest BCUT2D eigenvalue weighted by Crippen LogP contribution is 2.30. The van der Waals surface area contributed by atoms with Crippen molar-refractivity contribution >= 4 is 35.7 Å². The molecule has 0 atom stereocenters. The third-order valence-electron chi connectivity index (χ3n) is 4.15. The first-order chi connectivity index (χ1) is 10.2. The summed E-state index contributed by atoms with van der Waals surface area (Å²) in [6.45, 7) is 6.05. The minimum absolute atomic E-state index is 0.379. The average Bonchev–Trinajstić information content (AvgIpc) is 2.89. The molecule has 1 aromatic carbocycles. The predicted octanol–water partition coefficient (Wildman–Crippen LogP) is 2.24. The molecule has 21 heavy (non-hydrogen) atoms. The molecule has 1 saturated heterocycles. The zero-order chi connectivity index (χ0) is 14.8. The van der Waals surface area contributed by atoms with E-state index in [0.29, 0.717) is 6.04 Å². The summed E-state index contributed by atoms with van der Waals surface area (Å²) in [6, 6.07) is 11.5. The zero-order valence-corrected chi connectivity index (χ0v) is 13.3. The topological polar surface area (TPSA) is 29.3 Å². The Labute approximate surface area is 131 Å². The fourth-order valence-corrected chi connectivity index (χ4v) is 3.81. The van der Waals surface area contributed by atoms with Gasteiger partial charge in [0.25, 0.3) is 0 Å². The van der Waals surface area contributed by atoms with E-state index in [1.54, 1.807) is 11.3 Å². The first kappa shape index (κ1) is 14.4. The van der Waals surface area contributed by atoms with Crippen molar-refractivity contribution < 1.29 is 0 Å². The highest BCUT2D eigenvalue weighted by atomic mass is 32.1. The summed E-state index contributed by atoms with van der Waals surface area (Å²) in [5.74, 6) is 0. The number of thiophene rings is 1. The molecule has 108 valence electrons. The van der Waals surface area contributed by atoms with Gasteiger partial charge >= 0.3 is 0 Å². The largest absolute Gasteiger partial charge is 0.371 e. The Hall–Kier alpha value is -1.52. The number of hydrogen-bond donors (Lipinski definition) is 1. The first-order valence-corrected chi connectivity index (χ1v) is 8.33. The summed E-state index contributed by atoms with van der Waals surface area (Å²) in [4.78, 5) is 3.68. The molecular formula is C17H21BN2S. The SMILES string of the molecule is Bc1cc(-c2ccc(N3CCC(N)CC3)cc2)c(C=C)s1. The second-order valence-electron chi connectivity index (χ2n) is 5.71. The van der Waals surface area contributed by atoms with Crippen LogP contribution < -0.4 is 15.4 Å². The minimum Gasteiger partial charge on any atom is -0.371 e. The van der Waals surface area contributed by atoms with Gasteiger partial charge in [-0.05, 0) is 46.9 Å². The molecule has 1 fully saturated rings. The maximum Gasteiger partial charge on any atom is 0.152 e. The van der Waals surface area contributed by atoms with Crippen LogP contribution in [0.15, 0.2) is 36.9 Å². The van der Waals surface area contributed by atoms with Crippen LogP contribution in [0.3, 0.4) is 0 Å². The van der Waals surface area contributed by atoms with E-state index in [4.69, 9.17) is 5.73 Å². The van der Waals surface area contributed by atoms with Crippen LogP contribution in [0.4, 0.5) is 5.69 Å². The Morgan fingerprint density at radius 2 is 1.90 bits per heavy atom. The van der Waals surface area contributed by atoms with Crippen LogP contribution >= 0.6 is 11.3 Å². The van der Waals surface area contributed by atoms with E-state index in [1.165, 1.54) is 26.5 Å². The molecule has 0 radical (unpaired) electrons. The van der Waals surface area contributed by atoms with Crippen LogP contribution in [0.5, 0.6) is 0 Å². The van der Waals surface area contributed by atoms with E-state index in [-0.39, 0.29) is 0 Å². The van der Waals surface area contributed by atoms with Crippen molar-refractivity contribution in [3.8, 4) is 11.1 Å². The summed E-state index contributed by atoms with van der Waals surface area (Å²) >= 11 is 1.80. The third kappa shape index (κ3) is 3.06. The molecule has 3 rings (SSSR count). The van der Waals surface area contributed by atoms with E-state index in [2.05, 4.69) is 49.7 Å². The lowest BCUT2D eigenvalue weighted by atomic mass is 10.0. The number of anilines is 1. The molecular weight excluding hydrogens is 275 g/mol. The summed E-state index contributed by atoms with van der Waals surface area (Å²) in [5, 5.41) is 0. The van der Waals surface area contributed by atoms with Crippen molar-refractivity contribution in [2.24, 2.45) is 5.73 Å². The van der Waals surface area contributed by atoms with Crippen LogP contribution in [0.2, 0.25) is 0 Å². The molecule has 2 nitrogen and oxygen atoms in total. The molecule has 1 aromatic heterocycles. The fourth-order valence-electron chi connectivity index (χ4n) is 2.92. The van der Waals surface area contributed by atoms with Gasteiger partial charge in [-0.25, -0.2) is 0 Å². The van der Waals surface area contributed by atoms with Crippen molar-refractivity contribution in [2.75, 3.05) is 18.0 Å². The van der Waals surface area contributed by atoms with E-state index in [0.717, 1.165) is 25.9 Å². The van der Waals surface area contributed by atoms with Gasteiger partial charge in [0, 0.05) is 29.7 Å². The molecule has 0 spiro atoms. The molecule has 0 amide bonds. The van der Waals surface area contributed by atoms with Gasteiger partial charge in [0.1, 0.15) is 0 Å². The maximum atomic E-state index is 5.97. The highest BCUT2D eigenvalue weighted by molar-refractivity contribution is 7.21. The molecule has 2 N–H and O–H groups in total. The van der Waals surface area contributed by atoms with E-state index in [1.807, 2.05) is 6.08 Å². The lowest BCUT2D eigenvalue weighted by Crippen LogP contribution is -2.39. The second-order valence-corrected chi connectivity index (χ2v) is 7.00. The predicted molar refractivity (Wildman–Crippen MR) is 97.4 cm³/mol. The van der Waals surface area contributed by atoms with Gasteiger partial charge in [-0.2, -0.15) is 11.3 Å². The summed E-state index contributed by atoms with van der Waals surface area (Å²) in [6.07, 6.45) is 4.13. The Bertz CT molecular complexity index is 625. The van der Waals surface area contributed by atoms with Crippen molar-refractivity contribution in [3.05, 3.63) is 41.8 Å². The first-order valence-electron chi connectivity index (χ1n) is 7.51. The summed E-state index contributed by atoms with van der Waals surface area (Å²) in [5.41, 5.74) is 9.84. The van der Waals surface area contributed by atoms with Crippen molar-refractivity contribution in [1.82, 2.24) is 0 Å². The van der Waals surface area contributed by atoms with Crippen LogP contribution in [-0.2, 0) is 0 Å². The molecule has 2 heterocycles. The van der Waals surface area contributed by atoms with E-state index >= 15 is 0 Å².